The average Bonchev–Trinajstić information content (AvgIpc) is 2.21. The van der Waals surface area contributed by atoms with Gasteiger partial charge in [0.05, 0.1) is 26.8 Å². The standard InChI is InChI=1S/C10H14N2O/c1-11-10(12-2)8-4-6-9(13-3)7-5-8/h4-7H,1-3H3,(H,11,12)/p+1. The Morgan fingerprint density at radius 1 is 1.31 bits per heavy atom. The fourth-order valence-corrected chi connectivity index (χ4v) is 1.17. The molecule has 0 bridgehead atoms. The summed E-state index contributed by atoms with van der Waals surface area (Å²) in [7, 11) is 5.43. The SMILES string of the molecule is CNC(=[NH+]C)c1ccc(OC)cc1. The molecule has 3 heteroatoms. The van der Waals surface area contributed by atoms with Gasteiger partial charge in [-0.2, -0.15) is 0 Å². The Balaban J connectivity index is 2.91. The summed E-state index contributed by atoms with van der Waals surface area (Å²) in [6, 6.07) is 7.87. The Hall–Kier alpha value is -1.51. The highest BCUT2D eigenvalue weighted by molar-refractivity contribution is 5.94. The van der Waals surface area contributed by atoms with Gasteiger partial charge >= 0.3 is 0 Å². The number of nitrogens with one attached hydrogen (secondary N) is 2. The van der Waals surface area contributed by atoms with Gasteiger partial charge in [0.2, 0.25) is 0 Å². The lowest BCUT2D eigenvalue weighted by molar-refractivity contribution is -0.421. The third kappa shape index (κ3) is 2.21. The third-order valence-corrected chi connectivity index (χ3v) is 1.88. The second kappa shape index (κ2) is 4.50. The van der Waals surface area contributed by atoms with E-state index >= 15 is 0 Å². The lowest BCUT2D eigenvalue weighted by Crippen LogP contribution is -2.71. The lowest BCUT2D eigenvalue weighted by atomic mass is 10.2. The summed E-state index contributed by atoms with van der Waals surface area (Å²) in [5.74, 6) is 1.87. The zero-order valence-electron chi connectivity index (χ0n) is 8.22. The van der Waals surface area contributed by atoms with E-state index in [2.05, 4.69) is 10.3 Å². The molecule has 70 valence electrons. The Bertz CT molecular complexity index is 290. The van der Waals surface area contributed by atoms with Crippen molar-refractivity contribution in [3.05, 3.63) is 29.8 Å². The molecule has 0 radical (unpaired) electrons. The van der Waals surface area contributed by atoms with Crippen molar-refractivity contribution in [2.75, 3.05) is 21.2 Å². The van der Waals surface area contributed by atoms with Crippen LogP contribution < -0.4 is 15.0 Å². The minimum absolute atomic E-state index is 0.871. The highest BCUT2D eigenvalue weighted by Crippen LogP contribution is 2.10. The number of rotatable bonds is 2. The predicted molar refractivity (Wildman–Crippen MR) is 53.0 cm³/mol. The number of ether oxygens (including phenoxy) is 1. The minimum atomic E-state index is 0.871. The molecule has 0 spiro atoms. The van der Waals surface area contributed by atoms with E-state index in [9.17, 15) is 0 Å². The van der Waals surface area contributed by atoms with Crippen LogP contribution in [0.1, 0.15) is 5.56 Å². The number of hydrogen-bond acceptors (Lipinski definition) is 1. The summed E-state index contributed by atoms with van der Waals surface area (Å²) >= 11 is 0. The summed E-state index contributed by atoms with van der Waals surface area (Å²) in [6.07, 6.45) is 0. The molecule has 0 fully saturated rings. The Labute approximate surface area is 78.4 Å². The molecule has 0 unspecified atom stereocenters. The van der Waals surface area contributed by atoms with Crippen molar-refractivity contribution in [2.45, 2.75) is 0 Å². The minimum Gasteiger partial charge on any atom is -0.497 e. The third-order valence-electron chi connectivity index (χ3n) is 1.88. The first kappa shape index (κ1) is 9.58. The largest absolute Gasteiger partial charge is 0.497 e. The van der Waals surface area contributed by atoms with Crippen molar-refractivity contribution in [3.8, 4) is 5.75 Å². The first-order valence-electron chi connectivity index (χ1n) is 4.18. The van der Waals surface area contributed by atoms with E-state index < -0.39 is 0 Å². The van der Waals surface area contributed by atoms with Gasteiger partial charge in [-0.15, -0.1) is 0 Å². The molecule has 0 heterocycles. The summed E-state index contributed by atoms with van der Waals surface area (Å²) in [6.45, 7) is 0. The van der Waals surface area contributed by atoms with Crippen LogP contribution in [0.2, 0.25) is 0 Å². The molecule has 0 aliphatic rings. The van der Waals surface area contributed by atoms with Crippen LogP contribution in [0.5, 0.6) is 5.75 Å². The van der Waals surface area contributed by atoms with Crippen molar-refractivity contribution >= 4 is 5.84 Å². The summed E-state index contributed by atoms with van der Waals surface area (Å²) < 4.78 is 5.07. The van der Waals surface area contributed by atoms with Gasteiger partial charge < -0.3 is 4.74 Å². The number of amidine groups is 1. The fourth-order valence-electron chi connectivity index (χ4n) is 1.17. The fraction of sp³-hybridized carbons (Fsp3) is 0.300. The van der Waals surface area contributed by atoms with Crippen LogP contribution in [-0.2, 0) is 0 Å². The van der Waals surface area contributed by atoms with Gasteiger partial charge in [0.15, 0.2) is 0 Å². The van der Waals surface area contributed by atoms with Crippen molar-refractivity contribution in [3.63, 3.8) is 0 Å². The van der Waals surface area contributed by atoms with Crippen LogP contribution in [-0.4, -0.2) is 27.0 Å². The topological polar surface area (TPSA) is 35.2 Å². The molecule has 0 saturated carbocycles. The summed E-state index contributed by atoms with van der Waals surface area (Å²) in [4.78, 5) is 3.07. The van der Waals surface area contributed by atoms with Gasteiger partial charge in [0.25, 0.3) is 5.84 Å². The van der Waals surface area contributed by atoms with Gasteiger partial charge in [-0.25, -0.2) is 0 Å². The number of benzene rings is 1. The van der Waals surface area contributed by atoms with Gasteiger partial charge in [0.1, 0.15) is 5.75 Å². The molecular weight excluding hydrogens is 164 g/mol. The molecule has 0 aliphatic heterocycles. The van der Waals surface area contributed by atoms with Crippen LogP contribution in [0.4, 0.5) is 0 Å². The van der Waals surface area contributed by atoms with E-state index in [1.807, 2.05) is 38.4 Å². The summed E-state index contributed by atoms with van der Waals surface area (Å²) in [5, 5.41) is 3.07. The second-order valence-corrected chi connectivity index (χ2v) is 2.60. The van der Waals surface area contributed by atoms with E-state index in [-0.39, 0.29) is 0 Å². The number of methoxy groups -OCH3 is 1. The molecule has 0 atom stereocenters. The van der Waals surface area contributed by atoms with Gasteiger partial charge in [-0.3, -0.25) is 10.3 Å². The maximum Gasteiger partial charge on any atom is 0.274 e. The van der Waals surface area contributed by atoms with Crippen LogP contribution in [0.25, 0.3) is 0 Å². The van der Waals surface area contributed by atoms with Crippen LogP contribution in [0, 0.1) is 0 Å². The monoisotopic (exact) mass is 179 g/mol. The van der Waals surface area contributed by atoms with Crippen LogP contribution >= 0.6 is 0 Å². The van der Waals surface area contributed by atoms with E-state index in [0.717, 1.165) is 17.1 Å². The maximum absolute atomic E-state index is 5.07. The Morgan fingerprint density at radius 3 is 2.31 bits per heavy atom. The zero-order valence-corrected chi connectivity index (χ0v) is 8.22. The normalized spacial score (nSPS) is 11.2. The quantitative estimate of drug-likeness (QED) is 0.468. The molecular formula is C10H15N2O+. The van der Waals surface area contributed by atoms with E-state index in [4.69, 9.17) is 4.74 Å². The molecule has 2 N–H and O–H groups in total. The van der Waals surface area contributed by atoms with E-state index in [1.165, 1.54) is 0 Å². The predicted octanol–water partition coefficient (Wildman–Crippen LogP) is -0.628. The molecule has 0 aromatic heterocycles. The Morgan fingerprint density at radius 2 is 1.92 bits per heavy atom. The average molecular weight is 179 g/mol. The van der Waals surface area contributed by atoms with Crippen molar-refractivity contribution in [1.82, 2.24) is 5.32 Å². The molecule has 1 rings (SSSR count). The van der Waals surface area contributed by atoms with Crippen LogP contribution in [0.3, 0.4) is 0 Å². The molecule has 1 aromatic carbocycles. The highest BCUT2D eigenvalue weighted by Gasteiger charge is 2.04. The lowest BCUT2D eigenvalue weighted by Gasteiger charge is -2.01. The van der Waals surface area contributed by atoms with Crippen LogP contribution in [0.15, 0.2) is 24.3 Å². The van der Waals surface area contributed by atoms with E-state index in [0.29, 0.717) is 0 Å². The van der Waals surface area contributed by atoms with Crippen molar-refractivity contribution in [2.24, 2.45) is 0 Å². The Kier molecular flexibility index (Phi) is 3.31. The molecule has 3 nitrogen and oxygen atoms in total. The molecule has 0 amide bonds. The van der Waals surface area contributed by atoms with Gasteiger partial charge in [0, 0.05) is 0 Å². The van der Waals surface area contributed by atoms with Crippen molar-refractivity contribution in [1.29, 1.82) is 0 Å². The van der Waals surface area contributed by atoms with E-state index in [1.54, 1.807) is 7.11 Å². The maximum atomic E-state index is 5.07. The second-order valence-electron chi connectivity index (χ2n) is 2.60. The first-order valence-corrected chi connectivity index (χ1v) is 4.18. The van der Waals surface area contributed by atoms with Gasteiger partial charge in [-0.05, 0) is 24.3 Å². The molecule has 0 saturated heterocycles. The zero-order chi connectivity index (χ0) is 9.68. The highest BCUT2D eigenvalue weighted by atomic mass is 16.5. The summed E-state index contributed by atoms with van der Waals surface area (Å²) in [5.41, 5.74) is 1.12. The molecule has 13 heavy (non-hydrogen) atoms. The van der Waals surface area contributed by atoms with Crippen molar-refractivity contribution < 1.29 is 9.73 Å². The molecule has 1 aromatic rings. The smallest absolute Gasteiger partial charge is 0.274 e. The van der Waals surface area contributed by atoms with Gasteiger partial charge in [-0.1, -0.05) is 0 Å². The number of hydrogen-bond donors (Lipinski definition) is 2. The molecule has 0 aliphatic carbocycles. The first-order chi connectivity index (χ1) is 6.31.